The van der Waals surface area contributed by atoms with E-state index in [1.54, 1.807) is 12.5 Å². The van der Waals surface area contributed by atoms with E-state index in [9.17, 15) is 4.79 Å². The van der Waals surface area contributed by atoms with Crippen molar-refractivity contribution in [3.8, 4) is 5.75 Å². The molecule has 0 radical (unpaired) electrons. The van der Waals surface area contributed by atoms with E-state index in [0.29, 0.717) is 17.4 Å². The number of hydrogen-bond donors (Lipinski definition) is 1. The summed E-state index contributed by atoms with van der Waals surface area (Å²) in [5, 5.41) is 5.60. The second-order valence-corrected chi connectivity index (χ2v) is 6.16. The molecule has 1 N–H and O–H groups in total. The first-order chi connectivity index (χ1) is 12.2. The maximum atomic E-state index is 12.1. The minimum atomic E-state index is -0.431. The van der Waals surface area contributed by atoms with Gasteiger partial charge in [0.25, 0.3) is 0 Å². The SMILES string of the molecule is COc1ccc(COC(=O)c2csc(NCc3ccccc3)n2)cc1. The van der Waals surface area contributed by atoms with E-state index in [-0.39, 0.29) is 6.61 Å². The Bertz CT molecular complexity index is 816. The molecular formula is C19H18N2O3S. The highest BCUT2D eigenvalue weighted by Gasteiger charge is 2.12. The lowest BCUT2D eigenvalue weighted by Gasteiger charge is -2.05. The lowest BCUT2D eigenvalue weighted by Crippen LogP contribution is -2.06. The number of aromatic nitrogens is 1. The van der Waals surface area contributed by atoms with Gasteiger partial charge in [-0.25, -0.2) is 9.78 Å². The Morgan fingerprint density at radius 3 is 2.56 bits per heavy atom. The molecule has 128 valence electrons. The average Bonchev–Trinajstić information content (AvgIpc) is 3.15. The molecule has 2 aromatic carbocycles. The summed E-state index contributed by atoms with van der Waals surface area (Å²) in [5.74, 6) is 0.337. The van der Waals surface area contributed by atoms with Crippen molar-refractivity contribution < 1.29 is 14.3 Å². The van der Waals surface area contributed by atoms with Crippen molar-refractivity contribution in [1.82, 2.24) is 4.98 Å². The molecule has 0 fully saturated rings. The monoisotopic (exact) mass is 354 g/mol. The molecule has 0 saturated heterocycles. The van der Waals surface area contributed by atoms with Gasteiger partial charge in [-0.05, 0) is 23.3 Å². The number of esters is 1. The van der Waals surface area contributed by atoms with Crippen LogP contribution in [0.4, 0.5) is 5.13 Å². The zero-order chi connectivity index (χ0) is 17.5. The topological polar surface area (TPSA) is 60.5 Å². The van der Waals surface area contributed by atoms with Gasteiger partial charge in [0, 0.05) is 11.9 Å². The average molecular weight is 354 g/mol. The van der Waals surface area contributed by atoms with E-state index in [4.69, 9.17) is 9.47 Å². The zero-order valence-corrected chi connectivity index (χ0v) is 14.6. The summed E-state index contributed by atoms with van der Waals surface area (Å²) >= 11 is 1.38. The van der Waals surface area contributed by atoms with E-state index in [0.717, 1.165) is 16.9 Å². The van der Waals surface area contributed by atoms with Gasteiger partial charge in [-0.2, -0.15) is 0 Å². The summed E-state index contributed by atoms with van der Waals surface area (Å²) in [5.41, 5.74) is 2.36. The van der Waals surface area contributed by atoms with Gasteiger partial charge in [-0.3, -0.25) is 0 Å². The molecule has 25 heavy (non-hydrogen) atoms. The standard InChI is InChI=1S/C19H18N2O3S/c1-23-16-9-7-15(8-10-16)12-24-18(22)17-13-25-19(21-17)20-11-14-5-3-2-4-6-14/h2-10,13H,11-12H2,1H3,(H,20,21). The molecule has 0 amide bonds. The van der Waals surface area contributed by atoms with E-state index in [1.165, 1.54) is 11.3 Å². The smallest absolute Gasteiger partial charge is 0.358 e. The van der Waals surface area contributed by atoms with Crippen LogP contribution in [0, 0.1) is 0 Å². The number of rotatable bonds is 7. The summed E-state index contributed by atoms with van der Waals surface area (Å²) in [6.45, 7) is 0.863. The lowest BCUT2D eigenvalue weighted by molar-refractivity contribution is 0.0467. The highest BCUT2D eigenvalue weighted by Crippen LogP contribution is 2.18. The second kappa shape index (κ2) is 8.30. The summed E-state index contributed by atoms with van der Waals surface area (Å²) in [7, 11) is 1.61. The number of carbonyl (C=O) groups excluding carboxylic acids is 1. The lowest BCUT2D eigenvalue weighted by atomic mass is 10.2. The van der Waals surface area contributed by atoms with Crippen LogP contribution in [-0.4, -0.2) is 18.1 Å². The van der Waals surface area contributed by atoms with Crippen LogP contribution in [0.5, 0.6) is 5.75 Å². The van der Waals surface area contributed by atoms with Crippen molar-refractivity contribution in [2.45, 2.75) is 13.2 Å². The number of hydrogen-bond acceptors (Lipinski definition) is 6. The number of anilines is 1. The Morgan fingerprint density at radius 1 is 1.08 bits per heavy atom. The Morgan fingerprint density at radius 2 is 1.84 bits per heavy atom. The molecule has 0 aliphatic carbocycles. The fourth-order valence-electron chi connectivity index (χ4n) is 2.17. The molecule has 0 aliphatic heterocycles. The van der Waals surface area contributed by atoms with Crippen molar-refractivity contribution in [2.24, 2.45) is 0 Å². The third kappa shape index (κ3) is 4.81. The van der Waals surface area contributed by atoms with Gasteiger partial charge in [0.05, 0.1) is 7.11 Å². The highest BCUT2D eigenvalue weighted by molar-refractivity contribution is 7.13. The van der Waals surface area contributed by atoms with Gasteiger partial charge in [-0.1, -0.05) is 42.5 Å². The maximum absolute atomic E-state index is 12.1. The Labute approximate surface area is 150 Å². The van der Waals surface area contributed by atoms with Crippen LogP contribution in [-0.2, 0) is 17.9 Å². The molecule has 6 heteroatoms. The number of nitrogens with zero attached hydrogens (tertiary/aromatic N) is 1. The van der Waals surface area contributed by atoms with Gasteiger partial charge < -0.3 is 14.8 Å². The quantitative estimate of drug-likeness (QED) is 0.647. The molecule has 1 heterocycles. The normalized spacial score (nSPS) is 10.3. The molecule has 0 aliphatic rings. The van der Waals surface area contributed by atoms with Crippen molar-refractivity contribution >= 4 is 22.4 Å². The first-order valence-corrected chi connectivity index (χ1v) is 8.66. The maximum Gasteiger partial charge on any atom is 0.358 e. The van der Waals surface area contributed by atoms with E-state index in [1.807, 2.05) is 54.6 Å². The second-order valence-electron chi connectivity index (χ2n) is 5.30. The van der Waals surface area contributed by atoms with E-state index < -0.39 is 5.97 Å². The van der Waals surface area contributed by atoms with Crippen molar-refractivity contribution in [1.29, 1.82) is 0 Å². The van der Waals surface area contributed by atoms with Gasteiger partial charge >= 0.3 is 5.97 Å². The van der Waals surface area contributed by atoms with Crippen LogP contribution in [0.25, 0.3) is 0 Å². The van der Waals surface area contributed by atoms with E-state index >= 15 is 0 Å². The van der Waals surface area contributed by atoms with Crippen molar-refractivity contribution in [3.05, 3.63) is 76.8 Å². The Kier molecular flexibility index (Phi) is 5.64. The molecular weight excluding hydrogens is 336 g/mol. The summed E-state index contributed by atoms with van der Waals surface area (Å²) in [6.07, 6.45) is 0. The van der Waals surface area contributed by atoms with Gasteiger partial charge in [0.1, 0.15) is 12.4 Å². The number of thiazole rings is 1. The molecule has 0 spiro atoms. The molecule has 0 saturated carbocycles. The van der Waals surface area contributed by atoms with Gasteiger partial charge in [0.15, 0.2) is 10.8 Å². The predicted octanol–water partition coefficient (Wildman–Crippen LogP) is 4.12. The minimum absolute atomic E-state index is 0.202. The number of benzene rings is 2. The summed E-state index contributed by atoms with van der Waals surface area (Å²) in [4.78, 5) is 16.4. The Hall–Kier alpha value is -2.86. The largest absolute Gasteiger partial charge is 0.497 e. The first kappa shape index (κ1) is 17.0. The Balaban J connectivity index is 1.51. The van der Waals surface area contributed by atoms with Gasteiger partial charge in [-0.15, -0.1) is 11.3 Å². The van der Waals surface area contributed by atoms with Gasteiger partial charge in [0.2, 0.25) is 0 Å². The zero-order valence-electron chi connectivity index (χ0n) is 13.8. The predicted molar refractivity (Wildman–Crippen MR) is 98.0 cm³/mol. The minimum Gasteiger partial charge on any atom is -0.497 e. The number of nitrogens with one attached hydrogen (secondary N) is 1. The third-order valence-electron chi connectivity index (χ3n) is 3.53. The molecule has 0 bridgehead atoms. The molecule has 5 nitrogen and oxygen atoms in total. The highest BCUT2D eigenvalue weighted by atomic mass is 32.1. The fraction of sp³-hybridized carbons (Fsp3) is 0.158. The number of methoxy groups -OCH3 is 1. The molecule has 0 unspecified atom stereocenters. The van der Waals surface area contributed by atoms with Crippen molar-refractivity contribution in [2.75, 3.05) is 12.4 Å². The van der Waals surface area contributed by atoms with Crippen LogP contribution in [0.1, 0.15) is 21.6 Å². The third-order valence-corrected chi connectivity index (χ3v) is 4.33. The molecule has 0 atom stereocenters. The van der Waals surface area contributed by atoms with Crippen LogP contribution < -0.4 is 10.1 Å². The summed E-state index contributed by atoms with van der Waals surface area (Å²) < 4.78 is 10.4. The van der Waals surface area contributed by atoms with Crippen molar-refractivity contribution in [3.63, 3.8) is 0 Å². The van der Waals surface area contributed by atoms with Crippen LogP contribution >= 0.6 is 11.3 Å². The molecule has 1 aromatic heterocycles. The molecule has 3 aromatic rings. The van der Waals surface area contributed by atoms with Crippen LogP contribution in [0.15, 0.2) is 60.0 Å². The summed E-state index contributed by atoms with van der Waals surface area (Å²) in [6, 6.07) is 17.4. The van der Waals surface area contributed by atoms with E-state index in [2.05, 4.69) is 10.3 Å². The number of ether oxygens (including phenoxy) is 2. The first-order valence-electron chi connectivity index (χ1n) is 7.78. The van der Waals surface area contributed by atoms with Crippen LogP contribution in [0.3, 0.4) is 0 Å². The fourth-order valence-corrected chi connectivity index (χ4v) is 2.85. The van der Waals surface area contributed by atoms with Crippen LogP contribution in [0.2, 0.25) is 0 Å². The molecule has 3 rings (SSSR count). The number of carbonyl (C=O) groups is 1.